The third kappa shape index (κ3) is 7.65. The second kappa shape index (κ2) is 12.6. The molecule has 0 aliphatic rings. The molecule has 0 aromatic heterocycles. The maximum absolute atomic E-state index is 13.1. The molecule has 0 bridgehead atoms. The Morgan fingerprint density at radius 3 is 2.30 bits per heavy atom. The van der Waals surface area contributed by atoms with Crippen molar-refractivity contribution in [1.29, 1.82) is 0 Å². The predicted octanol–water partition coefficient (Wildman–Crippen LogP) is 5.05. The summed E-state index contributed by atoms with van der Waals surface area (Å²) >= 11 is 7.43. The quantitative estimate of drug-likeness (QED) is 0.521. The fourth-order valence-electron chi connectivity index (χ4n) is 2.99. The van der Waals surface area contributed by atoms with Gasteiger partial charge in [-0.1, -0.05) is 49.7 Å². The number of hydrogen-bond donors (Lipinski definition) is 1. The first-order chi connectivity index (χ1) is 14.4. The Labute approximate surface area is 187 Å². The molecule has 0 heterocycles. The zero-order valence-electron chi connectivity index (χ0n) is 17.4. The average Bonchev–Trinajstić information content (AvgIpc) is 2.74. The van der Waals surface area contributed by atoms with Crippen LogP contribution in [0.15, 0.2) is 48.5 Å². The number of thioether (sulfide) groups is 1. The maximum atomic E-state index is 13.1. The van der Waals surface area contributed by atoms with Gasteiger partial charge in [-0.05, 0) is 48.2 Å². The van der Waals surface area contributed by atoms with Crippen molar-refractivity contribution in [2.75, 3.05) is 12.3 Å². The van der Waals surface area contributed by atoms with E-state index in [1.165, 1.54) is 23.9 Å². The Hall–Kier alpha value is -2.05. The lowest BCUT2D eigenvalue weighted by molar-refractivity contribution is -0.139. The maximum Gasteiger partial charge on any atom is 0.242 e. The minimum absolute atomic E-state index is 0.101. The molecular weight excluding hydrogens is 423 g/mol. The number of amides is 2. The first-order valence-electron chi connectivity index (χ1n) is 10.1. The van der Waals surface area contributed by atoms with Crippen LogP contribution in [0.4, 0.5) is 4.39 Å². The van der Waals surface area contributed by atoms with Crippen LogP contribution >= 0.6 is 23.4 Å². The van der Waals surface area contributed by atoms with Gasteiger partial charge in [0.15, 0.2) is 0 Å². The number of benzene rings is 2. The molecule has 1 atom stereocenters. The van der Waals surface area contributed by atoms with Gasteiger partial charge in [-0.15, -0.1) is 11.8 Å². The number of halogens is 2. The zero-order valence-corrected chi connectivity index (χ0v) is 18.9. The van der Waals surface area contributed by atoms with Crippen molar-refractivity contribution >= 4 is 35.2 Å². The van der Waals surface area contributed by atoms with Crippen molar-refractivity contribution in [2.24, 2.45) is 0 Å². The molecule has 0 aliphatic carbocycles. The molecule has 0 radical (unpaired) electrons. The minimum atomic E-state index is -0.536. The zero-order chi connectivity index (χ0) is 21.9. The predicted molar refractivity (Wildman–Crippen MR) is 122 cm³/mol. The smallest absolute Gasteiger partial charge is 0.242 e. The van der Waals surface area contributed by atoms with Crippen molar-refractivity contribution in [2.45, 2.75) is 45.0 Å². The number of carbonyl (C=O) groups is 2. The summed E-state index contributed by atoms with van der Waals surface area (Å²) in [6.07, 6.45) is 1.36. The monoisotopic (exact) mass is 450 g/mol. The number of nitrogens with zero attached hydrogens (tertiary/aromatic N) is 1. The summed E-state index contributed by atoms with van der Waals surface area (Å²) in [6, 6.07) is 13.0. The lowest BCUT2D eigenvalue weighted by Crippen LogP contribution is -2.49. The molecule has 162 valence electrons. The van der Waals surface area contributed by atoms with E-state index in [4.69, 9.17) is 11.6 Å². The molecule has 2 aromatic carbocycles. The molecule has 30 heavy (non-hydrogen) atoms. The van der Waals surface area contributed by atoms with Crippen LogP contribution in [0, 0.1) is 5.82 Å². The van der Waals surface area contributed by atoms with E-state index in [-0.39, 0.29) is 23.4 Å². The van der Waals surface area contributed by atoms with E-state index in [9.17, 15) is 14.0 Å². The summed E-state index contributed by atoms with van der Waals surface area (Å²) in [5, 5.41) is 3.53. The molecule has 2 amide bonds. The topological polar surface area (TPSA) is 49.4 Å². The average molecular weight is 451 g/mol. The van der Waals surface area contributed by atoms with E-state index in [0.29, 0.717) is 30.3 Å². The van der Waals surface area contributed by atoms with Crippen LogP contribution < -0.4 is 5.32 Å². The Bertz CT molecular complexity index is 815. The van der Waals surface area contributed by atoms with Gasteiger partial charge in [-0.25, -0.2) is 4.39 Å². The lowest BCUT2D eigenvalue weighted by Gasteiger charge is -2.30. The molecule has 2 rings (SSSR count). The van der Waals surface area contributed by atoms with Gasteiger partial charge in [0.05, 0.1) is 5.75 Å². The standard InChI is InChI=1S/C23H28ClFN2O2S/c1-3-13-26-23(29)21(4-2)27(14-17-5-9-19(24)10-6-17)22(28)16-30-15-18-7-11-20(25)12-8-18/h5-12,21H,3-4,13-16H2,1-2H3,(H,26,29)/t21-/m0/s1. The molecule has 2 aromatic rings. The van der Waals surface area contributed by atoms with Gasteiger partial charge in [0.1, 0.15) is 11.9 Å². The third-order valence-electron chi connectivity index (χ3n) is 4.61. The normalized spacial score (nSPS) is 11.7. The van der Waals surface area contributed by atoms with Gasteiger partial charge in [-0.2, -0.15) is 0 Å². The third-order valence-corrected chi connectivity index (χ3v) is 5.85. The van der Waals surface area contributed by atoms with E-state index in [1.54, 1.807) is 29.2 Å². The molecule has 0 unspecified atom stereocenters. The summed E-state index contributed by atoms with van der Waals surface area (Å²) in [5.41, 5.74) is 1.87. The first-order valence-corrected chi connectivity index (χ1v) is 11.6. The fourth-order valence-corrected chi connectivity index (χ4v) is 3.99. The molecular formula is C23H28ClFN2O2S. The highest BCUT2D eigenvalue weighted by Crippen LogP contribution is 2.18. The van der Waals surface area contributed by atoms with Crippen molar-refractivity contribution in [3.05, 3.63) is 70.5 Å². The second-order valence-corrected chi connectivity index (χ2v) is 8.40. The number of carbonyl (C=O) groups excluding carboxylic acids is 2. The van der Waals surface area contributed by atoms with Crippen LogP contribution in [0.5, 0.6) is 0 Å². The summed E-state index contributed by atoms with van der Waals surface area (Å²) < 4.78 is 13.1. The van der Waals surface area contributed by atoms with Gasteiger partial charge in [0.25, 0.3) is 0 Å². The van der Waals surface area contributed by atoms with E-state index >= 15 is 0 Å². The molecule has 0 saturated carbocycles. The highest BCUT2D eigenvalue weighted by Gasteiger charge is 2.28. The van der Waals surface area contributed by atoms with Crippen molar-refractivity contribution < 1.29 is 14.0 Å². The highest BCUT2D eigenvalue weighted by atomic mass is 35.5. The summed E-state index contributed by atoms with van der Waals surface area (Å²) in [7, 11) is 0. The van der Waals surface area contributed by atoms with Gasteiger partial charge in [0, 0.05) is 23.9 Å². The van der Waals surface area contributed by atoms with Crippen LogP contribution in [-0.2, 0) is 21.9 Å². The molecule has 7 heteroatoms. The van der Waals surface area contributed by atoms with Crippen molar-refractivity contribution in [3.8, 4) is 0 Å². The van der Waals surface area contributed by atoms with E-state index in [0.717, 1.165) is 17.5 Å². The number of rotatable bonds is 11. The SMILES string of the molecule is CCCNC(=O)[C@H](CC)N(Cc1ccc(Cl)cc1)C(=O)CSCc1ccc(F)cc1. The van der Waals surface area contributed by atoms with E-state index < -0.39 is 6.04 Å². The largest absolute Gasteiger partial charge is 0.354 e. The van der Waals surface area contributed by atoms with Crippen molar-refractivity contribution in [1.82, 2.24) is 10.2 Å². The van der Waals surface area contributed by atoms with Gasteiger partial charge < -0.3 is 10.2 Å². The fraction of sp³-hybridized carbons (Fsp3) is 0.391. The van der Waals surface area contributed by atoms with Gasteiger partial charge >= 0.3 is 0 Å². The first kappa shape index (κ1) is 24.2. The summed E-state index contributed by atoms with van der Waals surface area (Å²) in [4.78, 5) is 27.4. The number of nitrogens with one attached hydrogen (secondary N) is 1. The van der Waals surface area contributed by atoms with Gasteiger partial charge in [0.2, 0.25) is 11.8 Å². The highest BCUT2D eigenvalue weighted by molar-refractivity contribution is 7.99. The van der Waals surface area contributed by atoms with Crippen LogP contribution in [0.25, 0.3) is 0 Å². The Balaban J connectivity index is 2.09. The Kier molecular flexibility index (Phi) is 10.2. The molecule has 1 N–H and O–H groups in total. The minimum Gasteiger partial charge on any atom is -0.354 e. The van der Waals surface area contributed by atoms with Crippen molar-refractivity contribution in [3.63, 3.8) is 0 Å². The van der Waals surface area contributed by atoms with Crippen LogP contribution in [0.3, 0.4) is 0 Å². The van der Waals surface area contributed by atoms with E-state index in [1.807, 2.05) is 26.0 Å². The molecule has 0 spiro atoms. The Morgan fingerprint density at radius 2 is 1.70 bits per heavy atom. The van der Waals surface area contributed by atoms with Crippen LogP contribution in [0.1, 0.15) is 37.8 Å². The number of hydrogen-bond acceptors (Lipinski definition) is 3. The van der Waals surface area contributed by atoms with Gasteiger partial charge in [-0.3, -0.25) is 9.59 Å². The van der Waals surface area contributed by atoms with E-state index in [2.05, 4.69) is 5.32 Å². The molecule has 4 nitrogen and oxygen atoms in total. The summed E-state index contributed by atoms with van der Waals surface area (Å²) in [5.74, 6) is 0.320. The van der Waals surface area contributed by atoms with Crippen LogP contribution in [-0.4, -0.2) is 35.1 Å². The van der Waals surface area contributed by atoms with Crippen LogP contribution in [0.2, 0.25) is 5.02 Å². The molecule has 0 aliphatic heterocycles. The molecule has 0 saturated heterocycles. The lowest BCUT2D eigenvalue weighted by atomic mass is 10.1. The molecule has 0 fully saturated rings. The Morgan fingerprint density at radius 1 is 1.07 bits per heavy atom. The second-order valence-electron chi connectivity index (χ2n) is 6.98. The summed E-state index contributed by atoms with van der Waals surface area (Å²) in [6.45, 7) is 4.82.